The van der Waals surface area contributed by atoms with Gasteiger partial charge in [-0.25, -0.2) is 9.59 Å². The average Bonchev–Trinajstić information content (AvgIpc) is 3.10. The molecule has 0 saturated carbocycles. The lowest BCUT2D eigenvalue weighted by molar-refractivity contribution is -0.142. The molecule has 0 aliphatic rings. The molecule has 1 heterocycles. The predicted octanol–water partition coefficient (Wildman–Crippen LogP) is 1.76. The summed E-state index contributed by atoms with van der Waals surface area (Å²) in [7, 11) is 1.24. The number of esters is 1. The number of carbonyl (C=O) groups is 4. The quantitative estimate of drug-likeness (QED) is 0.295. The molecule has 3 N–H and O–H groups in total. The molecule has 166 valence electrons. The Labute approximate surface area is 183 Å². The fourth-order valence-electron chi connectivity index (χ4n) is 3.67. The number of Topliss-reactive ketones (excluding diaryl/α,β-unsaturated/α-hetero) is 1. The number of carboxylic acid groups (broad SMARTS) is 1. The first-order chi connectivity index (χ1) is 15.3. The molecular formula is C23H22N2O7. The highest BCUT2D eigenvalue weighted by Gasteiger charge is 2.29. The Morgan fingerprint density at radius 3 is 2.34 bits per heavy atom. The van der Waals surface area contributed by atoms with Crippen molar-refractivity contribution >= 4 is 34.5 Å². The maximum atomic E-state index is 12.8. The van der Waals surface area contributed by atoms with Crippen LogP contribution in [0.15, 0.2) is 42.5 Å². The summed E-state index contributed by atoms with van der Waals surface area (Å²) >= 11 is 0. The van der Waals surface area contributed by atoms with Crippen LogP contribution < -0.4 is 10.6 Å². The van der Waals surface area contributed by atoms with E-state index in [0.29, 0.717) is 17.4 Å². The average molecular weight is 438 g/mol. The first-order valence-electron chi connectivity index (χ1n) is 9.80. The highest BCUT2D eigenvalue weighted by Crippen LogP contribution is 2.33. The number of carboxylic acids is 1. The minimum absolute atomic E-state index is 0.0303. The summed E-state index contributed by atoms with van der Waals surface area (Å²) in [5, 5.41) is 9.46. The molecule has 0 saturated heterocycles. The van der Waals surface area contributed by atoms with E-state index >= 15 is 0 Å². The number of hydrogen-bond donors (Lipinski definition) is 2. The number of ether oxygens (including phenoxy) is 1. The van der Waals surface area contributed by atoms with E-state index in [2.05, 4.69) is 0 Å². The lowest BCUT2D eigenvalue weighted by atomic mass is 9.94. The van der Waals surface area contributed by atoms with Gasteiger partial charge in [0.1, 0.15) is 0 Å². The molecule has 0 bridgehead atoms. The molecule has 9 heteroatoms. The van der Waals surface area contributed by atoms with Gasteiger partial charge in [-0.3, -0.25) is 9.59 Å². The van der Waals surface area contributed by atoms with Gasteiger partial charge in [0.2, 0.25) is 6.61 Å². The van der Waals surface area contributed by atoms with Crippen LogP contribution in [0.2, 0.25) is 0 Å². The molecule has 0 aliphatic carbocycles. The van der Waals surface area contributed by atoms with Gasteiger partial charge in [0.25, 0.3) is 11.7 Å². The summed E-state index contributed by atoms with van der Waals surface area (Å²) in [6.45, 7) is 1.03. The second-order valence-corrected chi connectivity index (χ2v) is 7.01. The van der Waals surface area contributed by atoms with Crippen LogP contribution in [0.5, 0.6) is 0 Å². The van der Waals surface area contributed by atoms with E-state index in [0.717, 1.165) is 5.56 Å². The second kappa shape index (κ2) is 9.34. The number of aliphatic carboxylic acids is 1. The number of ketones is 1. The predicted molar refractivity (Wildman–Crippen MR) is 115 cm³/mol. The zero-order chi connectivity index (χ0) is 23.4. The van der Waals surface area contributed by atoms with Gasteiger partial charge in [0, 0.05) is 5.39 Å². The lowest BCUT2D eigenvalue weighted by Crippen LogP contribution is -2.25. The van der Waals surface area contributed by atoms with Gasteiger partial charge in [-0.2, -0.15) is 4.73 Å². The van der Waals surface area contributed by atoms with Crippen LogP contribution in [0.25, 0.3) is 10.9 Å². The van der Waals surface area contributed by atoms with E-state index in [9.17, 15) is 19.2 Å². The lowest BCUT2D eigenvalue weighted by Gasteiger charge is -2.11. The Hall–Kier alpha value is -4.14. The number of fused-ring (bicyclic) bond motifs is 1. The minimum Gasteiger partial charge on any atom is -0.479 e. The van der Waals surface area contributed by atoms with E-state index in [4.69, 9.17) is 20.4 Å². The van der Waals surface area contributed by atoms with Crippen molar-refractivity contribution in [3.63, 3.8) is 0 Å². The molecule has 9 nitrogen and oxygen atoms in total. The molecule has 0 spiro atoms. The monoisotopic (exact) mass is 438 g/mol. The highest BCUT2D eigenvalue weighted by molar-refractivity contribution is 6.45. The van der Waals surface area contributed by atoms with Crippen LogP contribution in [-0.4, -0.2) is 47.2 Å². The third kappa shape index (κ3) is 4.31. The highest BCUT2D eigenvalue weighted by atomic mass is 16.7. The smallest absolute Gasteiger partial charge is 0.344 e. The van der Waals surface area contributed by atoms with E-state index in [1.54, 1.807) is 13.0 Å². The van der Waals surface area contributed by atoms with Crippen LogP contribution in [-0.2, 0) is 27.2 Å². The van der Waals surface area contributed by atoms with Crippen LogP contribution in [0.3, 0.4) is 0 Å². The summed E-state index contributed by atoms with van der Waals surface area (Å²) in [6.07, 6.45) is 0.564. The third-order valence-corrected chi connectivity index (χ3v) is 4.96. The molecule has 0 aliphatic heterocycles. The number of primary amides is 1. The van der Waals surface area contributed by atoms with Gasteiger partial charge >= 0.3 is 11.9 Å². The molecule has 0 unspecified atom stereocenters. The molecule has 0 atom stereocenters. The van der Waals surface area contributed by atoms with E-state index in [-0.39, 0.29) is 28.8 Å². The molecular weight excluding hydrogens is 416 g/mol. The maximum Gasteiger partial charge on any atom is 0.344 e. The van der Waals surface area contributed by atoms with Crippen LogP contribution in [0.4, 0.5) is 0 Å². The molecule has 32 heavy (non-hydrogen) atoms. The molecule has 1 aromatic heterocycles. The number of aromatic nitrogens is 1. The zero-order valence-corrected chi connectivity index (χ0v) is 17.6. The van der Waals surface area contributed by atoms with E-state index in [1.807, 2.05) is 30.3 Å². The molecule has 3 rings (SSSR count). The van der Waals surface area contributed by atoms with Gasteiger partial charge in [-0.15, -0.1) is 0 Å². The Morgan fingerprint density at radius 1 is 1.09 bits per heavy atom. The number of rotatable bonds is 9. The second-order valence-electron chi connectivity index (χ2n) is 7.01. The molecule has 1 amide bonds. The maximum absolute atomic E-state index is 12.8. The van der Waals surface area contributed by atoms with Crippen LogP contribution >= 0.6 is 0 Å². The first-order valence-corrected chi connectivity index (χ1v) is 9.80. The van der Waals surface area contributed by atoms with Crippen molar-refractivity contribution in [3.05, 3.63) is 70.4 Å². The standard InChI is InChI=1S/C23H22N2O7/c1-3-16-20(21(28)22(24)29)19-14(9-13-7-5-4-6-8-13)10-15(23(30)31-2)11-17(19)25(16)32-12-18(26)27/h4-8,10-11H,3,9,12H2,1-2H3,(H2,24,29)(H,26,27). The Bertz CT molecular complexity index is 1210. The molecule has 2 aromatic carbocycles. The fraction of sp³-hybridized carbons (Fsp3) is 0.217. The number of benzene rings is 2. The molecule has 0 fully saturated rings. The Morgan fingerprint density at radius 2 is 1.78 bits per heavy atom. The topological polar surface area (TPSA) is 138 Å². The van der Waals surface area contributed by atoms with Crippen molar-refractivity contribution in [2.45, 2.75) is 19.8 Å². The molecule has 0 radical (unpaired) electrons. The van der Waals surface area contributed by atoms with Gasteiger partial charge in [-0.1, -0.05) is 37.3 Å². The van der Waals surface area contributed by atoms with Gasteiger partial charge in [0.05, 0.1) is 29.4 Å². The normalized spacial score (nSPS) is 10.7. The number of methoxy groups -OCH3 is 1. The molecule has 3 aromatic rings. The summed E-state index contributed by atoms with van der Waals surface area (Å²) in [4.78, 5) is 53.6. The van der Waals surface area contributed by atoms with Crippen LogP contribution in [0, 0.1) is 0 Å². The number of nitrogens with two attached hydrogens (primary N) is 1. The minimum atomic E-state index is -1.23. The Kier molecular flexibility index (Phi) is 6.58. The van der Waals surface area contributed by atoms with Crippen molar-refractivity contribution < 1.29 is 33.9 Å². The zero-order valence-electron chi connectivity index (χ0n) is 17.6. The number of hydrogen-bond acceptors (Lipinski definition) is 6. The van der Waals surface area contributed by atoms with Crippen LogP contribution in [0.1, 0.15) is 44.5 Å². The fourth-order valence-corrected chi connectivity index (χ4v) is 3.67. The summed E-state index contributed by atoms with van der Waals surface area (Å²) in [5.41, 5.74) is 7.52. The van der Waals surface area contributed by atoms with E-state index < -0.39 is 30.2 Å². The van der Waals surface area contributed by atoms with Crippen molar-refractivity contribution in [1.29, 1.82) is 0 Å². The van der Waals surface area contributed by atoms with Gasteiger partial charge < -0.3 is 20.4 Å². The van der Waals surface area contributed by atoms with Crippen molar-refractivity contribution in [1.82, 2.24) is 4.73 Å². The Balaban J connectivity index is 2.40. The number of carbonyl (C=O) groups excluding carboxylic acids is 3. The summed E-state index contributed by atoms with van der Waals surface area (Å²) in [5.74, 6) is -3.93. The van der Waals surface area contributed by atoms with Gasteiger partial charge in [0.15, 0.2) is 0 Å². The van der Waals surface area contributed by atoms with Crippen molar-refractivity contribution in [3.8, 4) is 0 Å². The largest absolute Gasteiger partial charge is 0.479 e. The van der Waals surface area contributed by atoms with Gasteiger partial charge in [-0.05, 0) is 36.1 Å². The van der Waals surface area contributed by atoms with E-state index in [1.165, 1.54) is 17.9 Å². The number of amides is 1. The number of nitrogens with zero attached hydrogens (tertiary/aromatic N) is 1. The first kappa shape index (κ1) is 22.5. The third-order valence-electron chi connectivity index (χ3n) is 4.96. The van der Waals surface area contributed by atoms with Crippen molar-refractivity contribution in [2.75, 3.05) is 13.7 Å². The van der Waals surface area contributed by atoms with Crippen molar-refractivity contribution in [2.24, 2.45) is 5.73 Å². The SMILES string of the molecule is CCc1c(C(=O)C(N)=O)c2c(Cc3ccccc3)cc(C(=O)OC)cc2n1OCC(=O)O. The summed E-state index contributed by atoms with van der Waals surface area (Å²) in [6, 6.07) is 12.3. The summed E-state index contributed by atoms with van der Waals surface area (Å²) < 4.78 is 6.03.